The predicted octanol–water partition coefficient (Wildman–Crippen LogP) is 1.93. The second-order valence-corrected chi connectivity index (χ2v) is 8.23. The molecule has 4 rings (SSSR count). The van der Waals surface area contributed by atoms with E-state index in [-0.39, 0.29) is 17.9 Å². The van der Waals surface area contributed by atoms with Crippen molar-refractivity contribution >= 4 is 11.8 Å². The van der Waals surface area contributed by atoms with Gasteiger partial charge in [0.15, 0.2) is 0 Å². The maximum absolute atomic E-state index is 13.7. The van der Waals surface area contributed by atoms with Crippen LogP contribution in [0.1, 0.15) is 24.8 Å². The highest BCUT2D eigenvalue weighted by Crippen LogP contribution is 2.50. The van der Waals surface area contributed by atoms with Gasteiger partial charge in [0.25, 0.3) is 0 Å². The Labute approximate surface area is 187 Å². The molecule has 0 spiro atoms. The topological polar surface area (TPSA) is 90.0 Å². The van der Waals surface area contributed by atoms with Crippen molar-refractivity contribution in [3.05, 3.63) is 54.4 Å². The number of hydrogen-bond acceptors (Lipinski definition) is 6. The van der Waals surface area contributed by atoms with Crippen LogP contribution in [0.5, 0.6) is 11.5 Å². The Kier molecular flexibility index (Phi) is 6.60. The standard InChI is InChI=1S/C24H29N3O5/c1-30-13-12-26-22(28)21-14-20(32-19-4-3-11-25-15-19)16-27(21)23(29)24(9-10-24)17-5-7-18(31-2)8-6-17/h3-8,11,15,20-21H,9-10,12-14,16H2,1-2H3,(H,26,28). The van der Waals surface area contributed by atoms with E-state index in [1.807, 2.05) is 30.3 Å². The van der Waals surface area contributed by atoms with Gasteiger partial charge < -0.3 is 24.4 Å². The van der Waals surface area contributed by atoms with Crippen LogP contribution in [0.25, 0.3) is 0 Å². The summed E-state index contributed by atoms with van der Waals surface area (Å²) >= 11 is 0. The van der Waals surface area contributed by atoms with Crippen LogP contribution in [0, 0.1) is 0 Å². The fourth-order valence-electron chi connectivity index (χ4n) is 4.30. The van der Waals surface area contributed by atoms with Gasteiger partial charge in [0.05, 0.1) is 31.9 Å². The summed E-state index contributed by atoms with van der Waals surface area (Å²) in [5, 5.41) is 2.88. The van der Waals surface area contributed by atoms with Crippen molar-refractivity contribution in [1.29, 1.82) is 0 Å². The Balaban J connectivity index is 1.53. The molecule has 1 N–H and O–H groups in total. The van der Waals surface area contributed by atoms with E-state index < -0.39 is 11.5 Å². The van der Waals surface area contributed by atoms with Crippen molar-refractivity contribution in [1.82, 2.24) is 15.2 Å². The summed E-state index contributed by atoms with van der Waals surface area (Å²) in [6, 6.07) is 10.7. The molecule has 170 valence electrons. The monoisotopic (exact) mass is 439 g/mol. The van der Waals surface area contributed by atoms with E-state index in [2.05, 4.69) is 10.3 Å². The smallest absolute Gasteiger partial charge is 0.243 e. The minimum Gasteiger partial charge on any atom is -0.497 e. The SMILES string of the molecule is COCCNC(=O)C1CC(Oc2cccnc2)CN1C(=O)C1(c2ccc(OC)cc2)CC1. The fourth-order valence-corrected chi connectivity index (χ4v) is 4.30. The molecule has 2 atom stereocenters. The van der Waals surface area contributed by atoms with Crippen molar-refractivity contribution in [2.45, 2.75) is 36.8 Å². The van der Waals surface area contributed by atoms with Gasteiger partial charge in [0.1, 0.15) is 23.6 Å². The number of methoxy groups -OCH3 is 2. The largest absolute Gasteiger partial charge is 0.497 e. The number of likely N-dealkylation sites (tertiary alicyclic amines) is 1. The number of nitrogens with zero attached hydrogens (tertiary/aromatic N) is 2. The Morgan fingerprint density at radius 1 is 1.16 bits per heavy atom. The van der Waals surface area contributed by atoms with Crippen molar-refractivity contribution in [2.24, 2.45) is 0 Å². The average Bonchev–Trinajstić information content (AvgIpc) is 3.53. The Morgan fingerprint density at radius 3 is 2.56 bits per heavy atom. The Hall–Kier alpha value is -3.13. The van der Waals surface area contributed by atoms with E-state index in [1.165, 1.54) is 0 Å². The van der Waals surface area contributed by atoms with Crippen LogP contribution in [0.2, 0.25) is 0 Å². The van der Waals surface area contributed by atoms with Gasteiger partial charge in [0.2, 0.25) is 11.8 Å². The molecule has 8 heteroatoms. The Morgan fingerprint density at radius 2 is 1.94 bits per heavy atom. The molecule has 2 heterocycles. The zero-order valence-corrected chi connectivity index (χ0v) is 18.5. The van der Waals surface area contributed by atoms with Crippen LogP contribution < -0.4 is 14.8 Å². The number of pyridine rings is 1. The molecule has 2 aliphatic rings. The van der Waals surface area contributed by atoms with Gasteiger partial charge in [-0.2, -0.15) is 0 Å². The van der Waals surface area contributed by atoms with Crippen LogP contribution >= 0.6 is 0 Å². The molecule has 2 fully saturated rings. The first-order valence-electron chi connectivity index (χ1n) is 10.9. The van der Waals surface area contributed by atoms with Crippen molar-refractivity contribution in [3.63, 3.8) is 0 Å². The lowest BCUT2D eigenvalue weighted by molar-refractivity contribution is -0.140. The van der Waals surface area contributed by atoms with Crippen molar-refractivity contribution in [2.75, 3.05) is 33.9 Å². The molecule has 1 aliphatic heterocycles. The van der Waals surface area contributed by atoms with Gasteiger partial charge in [-0.15, -0.1) is 0 Å². The highest BCUT2D eigenvalue weighted by atomic mass is 16.5. The summed E-state index contributed by atoms with van der Waals surface area (Å²) in [4.78, 5) is 32.5. The highest BCUT2D eigenvalue weighted by Gasteiger charge is 2.56. The molecule has 0 radical (unpaired) electrons. The number of hydrogen-bond donors (Lipinski definition) is 1. The van der Waals surface area contributed by atoms with Crippen LogP contribution in [0.4, 0.5) is 0 Å². The molecule has 1 aromatic heterocycles. The summed E-state index contributed by atoms with van der Waals surface area (Å²) in [5.41, 5.74) is 0.374. The average molecular weight is 440 g/mol. The quantitative estimate of drug-likeness (QED) is 0.601. The summed E-state index contributed by atoms with van der Waals surface area (Å²) in [5.74, 6) is 1.17. The van der Waals surface area contributed by atoms with Crippen LogP contribution in [0.15, 0.2) is 48.8 Å². The first kappa shape index (κ1) is 22.1. The summed E-state index contributed by atoms with van der Waals surface area (Å²) in [6.45, 7) is 1.16. The second kappa shape index (κ2) is 9.56. The maximum Gasteiger partial charge on any atom is 0.243 e. The van der Waals surface area contributed by atoms with Crippen LogP contribution in [-0.2, 0) is 19.7 Å². The molecule has 2 amide bonds. The fraction of sp³-hybridized carbons (Fsp3) is 0.458. The molecular weight excluding hydrogens is 410 g/mol. The van der Waals surface area contributed by atoms with E-state index in [9.17, 15) is 9.59 Å². The Bertz CT molecular complexity index is 930. The van der Waals surface area contributed by atoms with E-state index in [1.54, 1.807) is 37.6 Å². The number of ether oxygens (including phenoxy) is 3. The summed E-state index contributed by atoms with van der Waals surface area (Å²) < 4.78 is 16.3. The van der Waals surface area contributed by atoms with Crippen LogP contribution in [0.3, 0.4) is 0 Å². The van der Waals surface area contributed by atoms with Gasteiger partial charge in [-0.3, -0.25) is 14.6 Å². The summed E-state index contributed by atoms with van der Waals surface area (Å²) in [6.07, 6.45) is 4.99. The van der Waals surface area contributed by atoms with E-state index in [0.717, 1.165) is 24.2 Å². The molecule has 8 nitrogen and oxygen atoms in total. The molecule has 32 heavy (non-hydrogen) atoms. The van der Waals surface area contributed by atoms with Gasteiger partial charge in [0, 0.05) is 26.3 Å². The van der Waals surface area contributed by atoms with Crippen LogP contribution in [-0.4, -0.2) is 67.8 Å². The first-order chi connectivity index (χ1) is 15.6. The molecular formula is C24H29N3O5. The predicted molar refractivity (Wildman–Crippen MR) is 118 cm³/mol. The normalized spacial score (nSPS) is 21.1. The number of benzene rings is 1. The number of amides is 2. The molecule has 1 saturated heterocycles. The third-order valence-electron chi connectivity index (χ3n) is 6.17. The van der Waals surface area contributed by atoms with Crippen molar-refractivity contribution < 1.29 is 23.8 Å². The molecule has 1 aliphatic carbocycles. The first-order valence-corrected chi connectivity index (χ1v) is 10.9. The zero-order chi connectivity index (χ0) is 22.6. The maximum atomic E-state index is 13.7. The van der Waals surface area contributed by atoms with E-state index in [0.29, 0.717) is 31.9 Å². The molecule has 2 aromatic rings. The number of aromatic nitrogens is 1. The molecule has 2 unspecified atom stereocenters. The van der Waals surface area contributed by atoms with E-state index in [4.69, 9.17) is 14.2 Å². The number of rotatable bonds is 9. The third-order valence-corrected chi connectivity index (χ3v) is 6.17. The molecule has 1 saturated carbocycles. The van der Waals surface area contributed by atoms with Gasteiger partial charge in [-0.05, 0) is 42.7 Å². The lowest BCUT2D eigenvalue weighted by Gasteiger charge is -2.28. The number of carbonyl (C=O) groups is 2. The van der Waals surface area contributed by atoms with Gasteiger partial charge in [-0.25, -0.2) is 0 Å². The number of carbonyl (C=O) groups excluding carboxylic acids is 2. The van der Waals surface area contributed by atoms with Crippen molar-refractivity contribution in [3.8, 4) is 11.5 Å². The lowest BCUT2D eigenvalue weighted by atomic mass is 9.93. The van der Waals surface area contributed by atoms with Gasteiger partial charge >= 0.3 is 0 Å². The lowest BCUT2D eigenvalue weighted by Crippen LogP contribution is -2.49. The minimum absolute atomic E-state index is 0.0214. The summed E-state index contributed by atoms with van der Waals surface area (Å²) in [7, 11) is 3.20. The molecule has 1 aromatic carbocycles. The minimum atomic E-state index is -0.586. The second-order valence-electron chi connectivity index (χ2n) is 8.23. The molecule has 0 bridgehead atoms. The zero-order valence-electron chi connectivity index (χ0n) is 18.5. The number of nitrogens with one attached hydrogen (secondary N) is 1. The van der Waals surface area contributed by atoms with Gasteiger partial charge in [-0.1, -0.05) is 12.1 Å². The third kappa shape index (κ3) is 4.55. The highest BCUT2D eigenvalue weighted by molar-refractivity contribution is 5.95. The van der Waals surface area contributed by atoms with E-state index >= 15 is 0 Å².